The minimum atomic E-state index is -4.56. The largest absolute Gasteiger partial charge is 0.449 e. The maximum absolute atomic E-state index is 11.9. The first kappa shape index (κ1) is 9.43. The number of furan rings is 1. The summed E-state index contributed by atoms with van der Waals surface area (Å²) >= 11 is 0. The Hall–Kier alpha value is -1.66. The summed E-state index contributed by atoms with van der Waals surface area (Å²) in [6.45, 7) is 0. The summed E-state index contributed by atoms with van der Waals surface area (Å²) in [6, 6.07) is 1.67. The van der Waals surface area contributed by atoms with Gasteiger partial charge in [0.2, 0.25) is 11.6 Å². The zero-order valence-corrected chi connectivity index (χ0v) is 6.17. The molecule has 1 aromatic heterocycles. The van der Waals surface area contributed by atoms with Crippen LogP contribution in [0.3, 0.4) is 0 Å². The zero-order chi connectivity index (χ0) is 10.1. The number of nitrogens with zero attached hydrogens (tertiary/aromatic N) is 1. The second kappa shape index (κ2) is 3.00. The third-order valence-corrected chi connectivity index (χ3v) is 1.25. The fraction of sp³-hybridized carbons (Fsp3) is 0.167. The Balaban J connectivity index is 3.00. The summed E-state index contributed by atoms with van der Waals surface area (Å²) in [5.74, 6) is -2.01. The molecule has 1 heterocycles. The van der Waals surface area contributed by atoms with Crippen LogP contribution in [0.4, 0.5) is 13.2 Å². The second-order valence-electron chi connectivity index (χ2n) is 2.15. The number of hydrogen-bond acceptors (Lipinski definition) is 3. The van der Waals surface area contributed by atoms with Crippen LogP contribution in [0.2, 0.25) is 0 Å². The van der Waals surface area contributed by atoms with E-state index < -0.39 is 17.8 Å². The van der Waals surface area contributed by atoms with Crippen molar-refractivity contribution in [3.63, 3.8) is 0 Å². The first-order valence-corrected chi connectivity index (χ1v) is 3.10. The average molecular weight is 194 g/mol. The number of nitrogens with two attached hydrogens (primary N) is 1. The van der Waals surface area contributed by atoms with Crippen molar-refractivity contribution in [1.82, 2.24) is 0 Å². The number of alkyl halides is 3. The van der Waals surface area contributed by atoms with E-state index in [1.807, 2.05) is 0 Å². The van der Waals surface area contributed by atoms with E-state index in [-0.39, 0.29) is 5.76 Å². The first-order valence-electron chi connectivity index (χ1n) is 3.10. The Kier molecular flexibility index (Phi) is 2.18. The minimum absolute atomic E-state index is 0.324. The van der Waals surface area contributed by atoms with Gasteiger partial charge in [-0.2, -0.15) is 13.2 Å². The summed E-state index contributed by atoms with van der Waals surface area (Å²) in [6.07, 6.45) is -4.56. The van der Waals surface area contributed by atoms with Crippen molar-refractivity contribution in [1.29, 1.82) is 0 Å². The Morgan fingerprint density at radius 1 is 1.46 bits per heavy atom. The van der Waals surface area contributed by atoms with Crippen molar-refractivity contribution < 1.29 is 22.8 Å². The van der Waals surface area contributed by atoms with Gasteiger partial charge in [0.05, 0.1) is 0 Å². The van der Waals surface area contributed by atoms with E-state index in [1.165, 1.54) is 0 Å². The molecule has 0 atom stereocenters. The molecule has 0 saturated heterocycles. The Morgan fingerprint density at radius 3 is 2.46 bits per heavy atom. The number of halogens is 3. The fourth-order valence-corrected chi connectivity index (χ4v) is 0.677. The molecule has 0 saturated carbocycles. The molecule has 0 aliphatic carbocycles. The van der Waals surface area contributed by atoms with E-state index in [4.69, 9.17) is 10.9 Å². The predicted molar refractivity (Wildman–Crippen MR) is 36.2 cm³/mol. The number of amidine groups is 1. The van der Waals surface area contributed by atoms with Crippen molar-refractivity contribution in [3.8, 4) is 0 Å². The van der Waals surface area contributed by atoms with Crippen molar-refractivity contribution in [3.05, 3.63) is 23.7 Å². The van der Waals surface area contributed by atoms with Gasteiger partial charge in [0.15, 0.2) is 5.76 Å². The third kappa shape index (κ3) is 1.92. The van der Waals surface area contributed by atoms with Gasteiger partial charge in [-0.1, -0.05) is 5.16 Å². The normalized spacial score (nSPS) is 13.3. The van der Waals surface area contributed by atoms with Gasteiger partial charge in [-0.05, 0) is 12.1 Å². The number of hydrogen-bond donors (Lipinski definition) is 2. The van der Waals surface area contributed by atoms with Gasteiger partial charge in [0, 0.05) is 0 Å². The number of oxime groups is 1. The molecule has 0 spiro atoms. The molecule has 0 amide bonds. The van der Waals surface area contributed by atoms with Crippen LogP contribution in [0, 0.1) is 0 Å². The molecule has 72 valence electrons. The molecular formula is C6H5F3N2O2. The van der Waals surface area contributed by atoms with Crippen molar-refractivity contribution in [2.24, 2.45) is 10.9 Å². The molecule has 1 aromatic rings. The molecule has 0 unspecified atom stereocenters. The lowest BCUT2D eigenvalue weighted by Gasteiger charge is -2.00. The van der Waals surface area contributed by atoms with Gasteiger partial charge in [-0.15, -0.1) is 0 Å². The van der Waals surface area contributed by atoms with E-state index in [1.54, 1.807) is 0 Å². The highest BCUT2D eigenvalue weighted by Gasteiger charge is 2.35. The van der Waals surface area contributed by atoms with Gasteiger partial charge >= 0.3 is 6.18 Å². The van der Waals surface area contributed by atoms with Gasteiger partial charge in [-0.25, -0.2) is 0 Å². The summed E-state index contributed by atoms with van der Waals surface area (Å²) in [7, 11) is 0. The van der Waals surface area contributed by atoms with E-state index in [2.05, 4.69) is 9.57 Å². The lowest BCUT2D eigenvalue weighted by atomic mass is 10.4. The highest BCUT2D eigenvalue weighted by Crippen LogP contribution is 2.30. The Bertz CT molecular complexity index is 329. The monoisotopic (exact) mass is 194 g/mol. The van der Waals surface area contributed by atoms with Gasteiger partial charge in [0.25, 0.3) is 0 Å². The van der Waals surface area contributed by atoms with Gasteiger partial charge in [-0.3, -0.25) is 0 Å². The van der Waals surface area contributed by atoms with Crippen molar-refractivity contribution in [2.45, 2.75) is 6.18 Å². The highest BCUT2D eigenvalue weighted by atomic mass is 19.4. The molecule has 0 aliphatic heterocycles. The van der Waals surface area contributed by atoms with Crippen LogP contribution in [0.5, 0.6) is 0 Å². The lowest BCUT2D eigenvalue weighted by molar-refractivity contribution is -0.153. The highest BCUT2D eigenvalue weighted by molar-refractivity contribution is 5.94. The van der Waals surface area contributed by atoms with Crippen molar-refractivity contribution >= 4 is 5.84 Å². The van der Waals surface area contributed by atoms with Crippen LogP contribution in [-0.2, 0) is 6.18 Å². The van der Waals surface area contributed by atoms with Gasteiger partial charge in [0.1, 0.15) is 0 Å². The maximum atomic E-state index is 11.9. The summed E-state index contributed by atoms with van der Waals surface area (Å²) in [4.78, 5) is 0. The summed E-state index contributed by atoms with van der Waals surface area (Å²) < 4.78 is 40.1. The SMILES string of the molecule is N/C(=N\O)c1ccc(C(F)(F)F)o1. The summed E-state index contributed by atoms with van der Waals surface area (Å²) in [5.41, 5.74) is 4.99. The van der Waals surface area contributed by atoms with Crippen LogP contribution in [0.25, 0.3) is 0 Å². The smallest absolute Gasteiger partial charge is 0.448 e. The summed E-state index contributed by atoms with van der Waals surface area (Å²) in [5, 5.41) is 10.6. The molecule has 7 heteroatoms. The van der Waals surface area contributed by atoms with Crippen LogP contribution in [0.1, 0.15) is 11.5 Å². The second-order valence-corrected chi connectivity index (χ2v) is 2.15. The minimum Gasteiger partial charge on any atom is -0.448 e. The quantitative estimate of drug-likeness (QED) is 0.307. The van der Waals surface area contributed by atoms with E-state index in [0.717, 1.165) is 6.07 Å². The molecule has 13 heavy (non-hydrogen) atoms. The molecule has 3 N–H and O–H groups in total. The molecular weight excluding hydrogens is 189 g/mol. The molecule has 0 bridgehead atoms. The third-order valence-electron chi connectivity index (χ3n) is 1.25. The van der Waals surface area contributed by atoms with Crippen LogP contribution in [-0.4, -0.2) is 11.0 Å². The van der Waals surface area contributed by atoms with E-state index in [9.17, 15) is 13.2 Å². The molecule has 0 aliphatic rings. The Labute approximate surface area is 70.4 Å². The average Bonchev–Trinajstić information content (AvgIpc) is 2.50. The maximum Gasteiger partial charge on any atom is 0.449 e. The molecule has 0 fully saturated rings. The van der Waals surface area contributed by atoms with Gasteiger partial charge < -0.3 is 15.4 Å². The van der Waals surface area contributed by atoms with Crippen LogP contribution < -0.4 is 5.73 Å². The fourth-order valence-electron chi connectivity index (χ4n) is 0.677. The first-order chi connectivity index (χ1) is 5.95. The molecule has 1 rings (SSSR count). The van der Waals surface area contributed by atoms with Crippen LogP contribution in [0.15, 0.2) is 21.7 Å². The topological polar surface area (TPSA) is 71.8 Å². The van der Waals surface area contributed by atoms with E-state index in [0.29, 0.717) is 6.07 Å². The lowest BCUT2D eigenvalue weighted by Crippen LogP contribution is -2.12. The van der Waals surface area contributed by atoms with E-state index >= 15 is 0 Å². The van der Waals surface area contributed by atoms with Crippen LogP contribution >= 0.6 is 0 Å². The zero-order valence-electron chi connectivity index (χ0n) is 6.17. The molecule has 4 nitrogen and oxygen atoms in total. The van der Waals surface area contributed by atoms with Crippen molar-refractivity contribution in [2.75, 3.05) is 0 Å². The predicted octanol–water partition coefficient (Wildman–Crippen LogP) is 1.39. The Morgan fingerprint density at radius 2 is 2.08 bits per heavy atom. The number of rotatable bonds is 1. The molecule has 0 aromatic carbocycles. The standard InChI is InChI=1S/C6H5F3N2O2/c7-6(8,9)4-2-1-3(13-4)5(10)11-12/h1-2,12H,(H2,10,11). The molecule has 0 radical (unpaired) electrons.